The lowest BCUT2D eigenvalue weighted by atomic mass is 10.2. The number of aryl methyl sites for hydroxylation is 1. The molecule has 0 amide bonds. The van der Waals surface area contributed by atoms with E-state index in [2.05, 4.69) is 9.97 Å². The Hall–Kier alpha value is -0.830. The van der Waals surface area contributed by atoms with Crippen molar-refractivity contribution in [3.63, 3.8) is 0 Å². The van der Waals surface area contributed by atoms with Gasteiger partial charge in [0.05, 0.1) is 18.1 Å². The Balaban J connectivity index is 2.94. The smallest absolute Gasteiger partial charge is 0.0949 e. The minimum absolute atomic E-state index is 0.462. The second kappa shape index (κ2) is 2.19. The zero-order valence-electron chi connectivity index (χ0n) is 5.55. The molecular weight excluding hydrogens is 116 g/mol. The second-order valence-electron chi connectivity index (χ2n) is 2.09. The fraction of sp³-hybridized carbons (Fsp3) is 0.500. The Morgan fingerprint density at radius 2 is 2.44 bits per heavy atom. The molecule has 1 aromatic heterocycles. The first-order chi connectivity index (χ1) is 4.22. The van der Waals surface area contributed by atoms with E-state index >= 15 is 0 Å². The van der Waals surface area contributed by atoms with Crippen LogP contribution in [0.3, 0.4) is 0 Å². The molecular formula is C6H10N2O. The first-order valence-electron chi connectivity index (χ1n) is 2.89. The Morgan fingerprint density at radius 3 is 2.67 bits per heavy atom. The third kappa shape index (κ3) is 1.10. The zero-order chi connectivity index (χ0) is 6.85. The third-order valence-corrected chi connectivity index (χ3v) is 1.26. The Morgan fingerprint density at radius 1 is 1.78 bits per heavy atom. The van der Waals surface area contributed by atoms with Gasteiger partial charge in [-0.1, -0.05) is 0 Å². The molecule has 0 fully saturated rings. The highest BCUT2D eigenvalue weighted by atomic mass is 16.3. The van der Waals surface area contributed by atoms with Crippen LogP contribution in [-0.2, 0) is 0 Å². The molecule has 50 valence electrons. The standard InChI is InChI=1S/C6H10N2O/c1-4-6(5(2)9)8-3-7-4/h3,5,9H,1-2H3,(H,7,8)/t5-/m0/s1. The molecule has 1 rings (SSSR count). The van der Waals surface area contributed by atoms with E-state index in [9.17, 15) is 0 Å². The minimum atomic E-state index is -0.462. The highest BCUT2D eigenvalue weighted by molar-refractivity contribution is 5.10. The normalized spacial score (nSPS) is 13.7. The minimum Gasteiger partial charge on any atom is -0.387 e. The molecule has 2 N–H and O–H groups in total. The predicted molar refractivity (Wildman–Crippen MR) is 34.0 cm³/mol. The van der Waals surface area contributed by atoms with Crippen LogP contribution in [0, 0.1) is 6.92 Å². The Labute approximate surface area is 53.7 Å². The molecule has 0 spiro atoms. The van der Waals surface area contributed by atoms with Crippen molar-refractivity contribution >= 4 is 0 Å². The van der Waals surface area contributed by atoms with Crippen molar-refractivity contribution in [1.82, 2.24) is 9.97 Å². The number of aliphatic hydroxyl groups is 1. The molecule has 1 atom stereocenters. The summed E-state index contributed by atoms with van der Waals surface area (Å²) in [6.45, 7) is 3.58. The summed E-state index contributed by atoms with van der Waals surface area (Å²) in [4.78, 5) is 6.79. The van der Waals surface area contributed by atoms with Gasteiger partial charge in [-0.2, -0.15) is 0 Å². The first kappa shape index (κ1) is 6.29. The van der Waals surface area contributed by atoms with Crippen molar-refractivity contribution in [2.45, 2.75) is 20.0 Å². The van der Waals surface area contributed by atoms with Gasteiger partial charge in [-0.3, -0.25) is 0 Å². The summed E-state index contributed by atoms with van der Waals surface area (Å²) in [5, 5.41) is 9.01. The number of imidazole rings is 1. The molecule has 9 heavy (non-hydrogen) atoms. The largest absolute Gasteiger partial charge is 0.387 e. The van der Waals surface area contributed by atoms with E-state index in [0.717, 1.165) is 11.4 Å². The van der Waals surface area contributed by atoms with Gasteiger partial charge in [-0.15, -0.1) is 0 Å². The molecule has 1 aromatic rings. The zero-order valence-corrected chi connectivity index (χ0v) is 5.55. The molecule has 3 heteroatoms. The lowest BCUT2D eigenvalue weighted by molar-refractivity contribution is 0.194. The lowest BCUT2D eigenvalue weighted by Crippen LogP contribution is -1.92. The highest BCUT2D eigenvalue weighted by Crippen LogP contribution is 2.10. The van der Waals surface area contributed by atoms with Gasteiger partial charge in [-0.25, -0.2) is 4.98 Å². The second-order valence-corrected chi connectivity index (χ2v) is 2.09. The Kier molecular flexibility index (Phi) is 1.53. The quantitative estimate of drug-likeness (QED) is 0.584. The van der Waals surface area contributed by atoms with Crippen molar-refractivity contribution in [2.75, 3.05) is 0 Å². The molecule has 0 aromatic carbocycles. The number of nitrogens with zero attached hydrogens (tertiary/aromatic N) is 1. The van der Waals surface area contributed by atoms with Crippen molar-refractivity contribution in [3.05, 3.63) is 17.7 Å². The fourth-order valence-electron chi connectivity index (χ4n) is 0.791. The van der Waals surface area contributed by atoms with Gasteiger partial charge in [0.25, 0.3) is 0 Å². The van der Waals surface area contributed by atoms with Crippen LogP contribution in [0.1, 0.15) is 24.4 Å². The van der Waals surface area contributed by atoms with Crippen LogP contribution in [-0.4, -0.2) is 15.1 Å². The van der Waals surface area contributed by atoms with Crippen LogP contribution in [0.5, 0.6) is 0 Å². The molecule has 0 saturated heterocycles. The van der Waals surface area contributed by atoms with E-state index < -0.39 is 6.10 Å². The molecule has 0 saturated carbocycles. The lowest BCUT2D eigenvalue weighted by Gasteiger charge is -1.98. The van der Waals surface area contributed by atoms with E-state index in [4.69, 9.17) is 5.11 Å². The Bertz CT molecular complexity index is 193. The van der Waals surface area contributed by atoms with Crippen molar-refractivity contribution in [1.29, 1.82) is 0 Å². The van der Waals surface area contributed by atoms with E-state index in [1.165, 1.54) is 0 Å². The maximum atomic E-state index is 9.01. The molecule has 0 bridgehead atoms. The van der Waals surface area contributed by atoms with E-state index in [0.29, 0.717) is 0 Å². The summed E-state index contributed by atoms with van der Waals surface area (Å²) in [5.41, 5.74) is 1.67. The molecule has 0 unspecified atom stereocenters. The van der Waals surface area contributed by atoms with E-state index in [1.54, 1.807) is 13.3 Å². The van der Waals surface area contributed by atoms with Crippen LogP contribution >= 0.6 is 0 Å². The number of hydrogen-bond acceptors (Lipinski definition) is 2. The number of hydrogen-bond donors (Lipinski definition) is 2. The van der Waals surface area contributed by atoms with Crippen molar-refractivity contribution in [3.8, 4) is 0 Å². The fourth-order valence-corrected chi connectivity index (χ4v) is 0.791. The highest BCUT2D eigenvalue weighted by Gasteiger charge is 2.05. The average molecular weight is 126 g/mol. The topological polar surface area (TPSA) is 48.9 Å². The summed E-state index contributed by atoms with van der Waals surface area (Å²) >= 11 is 0. The summed E-state index contributed by atoms with van der Waals surface area (Å²) < 4.78 is 0. The summed E-state index contributed by atoms with van der Waals surface area (Å²) in [6, 6.07) is 0. The van der Waals surface area contributed by atoms with Gasteiger partial charge in [-0.05, 0) is 13.8 Å². The van der Waals surface area contributed by atoms with E-state index in [-0.39, 0.29) is 0 Å². The summed E-state index contributed by atoms with van der Waals surface area (Å²) in [5.74, 6) is 0. The average Bonchev–Trinajstić information content (AvgIpc) is 2.13. The van der Waals surface area contributed by atoms with Gasteiger partial charge < -0.3 is 10.1 Å². The maximum absolute atomic E-state index is 9.01. The summed E-state index contributed by atoms with van der Waals surface area (Å²) in [6.07, 6.45) is 1.12. The third-order valence-electron chi connectivity index (χ3n) is 1.26. The number of aromatic amines is 1. The van der Waals surface area contributed by atoms with Gasteiger partial charge in [0.2, 0.25) is 0 Å². The van der Waals surface area contributed by atoms with Gasteiger partial charge in [0.15, 0.2) is 0 Å². The number of aliphatic hydroxyl groups excluding tert-OH is 1. The molecule has 0 aliphatic carbocycles. The van der Waals surface area contributed by atoms with Crippen molar-refractivity contribution in [2.24, 2.45) is 0 Å². The van der Waals surface area contributed by atoms with Gasteiger partial charge >= 0.3 is 0 Å². The van der Waals surface area contributed by atoms with Crippen LogP contribution in [0.15, 0.2) is 6.33 Å². The summed E-state index contributed by atoms with van der Waals surface area (Å²) in [7, 11) is 0. The number of aromatic nitrogens is 2. The SMILES string of the molecule is Cc1[nH]cnc1[C@H](C)O. The van der Waals surface area contributed by atoms with Crippen LogP contribution in [0.25, 0.3) is 0 Å². The van der Waals surface area contributed by atoms with E-state index in [1.807, 2.05) is 6.92 Å². The predicted octanol–water partition coefficient (Wildman–Crippen LogP) is 0.771. The van der Waals surface area contributed by atoms with Crippen molar-refractivity contribution < 1.29 is 5.11 Å². The monoisotopic (exact) mass is 126 g/mol. The molecule has 3 nitrogen and oxygen atoms in total. The van der Waals surface area contributed by atoms with Crippen LogP contribution in [0.4, 0.5) is 0 Å². The molecule has 0 radical (unpaired) electrons. The first-order valence-corrected chi connectivity index (χ1v) is 2.89. The van der Waals surface area contributed by atoms with Gasteiger partial charge in [0, 0.05) is 5.69 Å². The molecule has 0 aliphatic rings. The number of rotatable bonds is 1. The molecule has 0 aliphatic heterocycles. The van der Waals surface area contributed by atoms with Crippen LogP contribution < -0.4 is 0 Å². The maximum Gasteiger partial charge on any atom is 0.0949 e. The van der Waals surface area contributed by atoms with Crippen LogP contribution in [0.2, 0.25) is 0 Å². The van der Waals surface area contributed by atoms with Gasteiger partial charge in [0.1, 0.15) is 0 Å². The molecule has 1 heterocycles. The number of nitrogens with one attached hydrogen (secondary N) is 1. The number of H-pyrrole nitrogens is 1.